The summed E-state index contributed by atoms with van der Waals surface area (Å²) in [5.74, 6) is 0.435. The van der Waals surface area contributed by atoms with Gasteiger partial charge in [-0.1, -0.05) is 30.3 Å². The highest BCUT2D eigenvalue weighted by molar-refractivity contribution is 6.04. The smallest absolute Gasteiger partial charge is 0.255 e. The van der Waals surface area contributed by atoms with E-state index in [0.29, 0.717) is 29.2 Å². The molecule has 32 heavy (non-hydrogen) atoms. The van der Waals surface area contributed by atoms with Gasteiger partial charge < -0.3 is 10.6 Å². The Bertz CT molecular complexity index is 1200. The minimum Gasteiger partial charge on any atom is -0.378 e. The second kappa shape index (κ2) is 7.44. The van der Waals surface area contributed by atoms with Gasteiger partial charge in [0.1, 0.15) is 11.6 Å². The molecule has 3 aromatic carbocycles. The van der Waals surface area contributed by atoms with E-state index in [-0.39, 0.29) is 17.6 Å². The van der Waals surface area contributed by atoms with Crippen molar-refractivity contribution in [3.05, 3.63) is 95.1 Å². The van der Waals surface area contributed by atoms with Crippen molar-refractivity contribution in [1.82, 2.24) is 0 Å². The number of nitrogens with one attached hydrogen (secondary N) is 2. The molecule has 1 heterocycles. The highest BCUT2D eigenvalue weighted by Crippen LogP contribution is 2.63. The van der Waals surface area contributed by atoms with Gasteiger partial charge in [-0.2, -0.15) is 0 Å². The maximum Gasteiger partial charge on any atom is 0.255 e. The lowest BCUT2D eigenvalue weighted by Gasteiger charge is -2.43. The zero-order chi connectivity index (χ0) is 21.8. The Morgan fingerprint density at radius 3 is 2.56 bits per heavy atom. The maximum absolute atomic E-state index is 14.0. The van der Waals surface area contributed by atoms with Gasteiger partial charge in [-0.05, 0) is 84.4 Å². The first-order chi connectivity index (χ1) is 15.6. The minimum atomic E-state index is -0.781. The maximum atomic E-state index is 14.0. The molecule has 0 unspecified atom stereocenters. The van der Waals surface area contributed by atoms with Crippen molar-refractivity contribution >= 4 is 17.3 Å². The van der Waals surface area contributed by atoms with E-state index in [0.717, 1.165) is 17.8 Å². The van der Waals surface area contributed by atoms with Crippen LogP contribution in [0.5, 0.6) is 0 Å². The quantitative estimate of drug-likeness (QED) is 0.497. The second-order valence-electron chi connectivity index (χ2n) is 9.35. The third-order valence-corrected chi connectivity index (χ3v) is 7.69. The summed E-state index contributed by atoms with van der Waals surface area (Å²) in [5.41, 5.74) is 4.07. The van der Waals surface area contributed by atoms with Gasteiger partial charge in [0.2, 0.25) is 0 Å². The summed E-state index contributed by atoms with van der Waals surface area (Å²) >= 11 is 0. The van der Waals surface area contributed by atoms with Gasteiger partial charge >= 0.3 is 0 Å². The molecular formula is C27H24F2N2O. The molecule has 2 N–H and O–H groups in total. The molecule has 1 amide bonds. The Kier molecular flexibility index (Phi) is 4.53. The van der Waals surface area contributed by atoms with Crippen LogP contribution in [-0.4, -0.2) is 5.91 Å². The molecule has 0 saturated heterocycles. The third-order valence-electron chi connectivity index (χ3n) is 7.69. The van der Waals surface area contributed by atoms with Crippen molar-refractivity contribution in [1.29, 1.82) is 0 Å². The Hall–Kier alpha value is -3.21. The Balaban J connectivity index is 1.34. The molecule has 2 aliphatic carbocycles. The molecule has 0 radical (unpaired) electrons. The van der Waals surface area contributed by atoms with E-state index in [2.05, 4.69) is 34.9 Å². The van der Waals surface area contributed by atoms with E-state index in [4.69, 9.17) is 0 Å². The molecule has 5 atom stereocenters. The molecule has 6 rings (SSSR count). The van der Waals surface area contributed by atoms with Gasteiger partial charge in [-0.25, -0.2) is 8.78 Å². The highest BCUT2D eigenvalue weighted by Gasteiger charge is 2.53. The van der Waals surface area contributed by atoms with Crippen LogP contribution in [0.1, 0.15) is 52.7 Å². The zero-order valence-electron chi connectivity index (χ0n) is 17.5. The van der Waals surface area contributed by atoms with Gasteiger partial charge in [0, 0.05) is 17.3 Å². The molecule has 5 heteroatoms. The lowest BCUT2D eigenvalue weighted by atomic mass is 9.68. The van der Waals surface area contributed by atoms with Crippen LogP contribution in [0.2, 0.25) is 0 Å². The lowest BCUT2D eigenvalue weighted by molar-refractivity contribution is 0.102. The van der Waals surface area contributed by atoms with Gasteiger partial charge in [-0.15, -0.1) is 0 Å². The molecule has 0 aromatic heterocycles. The van der Waals surface area contributed by atoms with Crippen LogP contribution in [0.4, 0.5) is 20.2 Å². The predicted octanol–water partition coefficient (Wildman–Crippen LogP) is 6.51. The Labute approximate surface area is 185 Å². The van der Waals surface area contributed by atoms with Crippen molar-refractivity contribution in [3.63, 3.8) is 0 Å². The standard InChI is InChI=1S/C27H24F2N2O/c28-19-9-11-23(21(29)14-19)31-27(32)18-8-10-22-20(13-18)24-16-6-7-17(12-16)25(24)26(30-22)15-4-2-1-3-5-15/h1-5,8-11,13-14,16-17,24-26,30H,6-7,12H2,(H,31,32)/t16-,17-,24-,25-,26-/m0/s1. The van der Waals surface area contributed by atoms with Crippen molar-refractivity contribution in [2.75, 3.05) is 10.6 Å². The number of hydrogen-bond donors (Lipinski definition) is 2. The SMILES string of the molecule is O=C(Nc1ccc(F)cc1F)c1ccc2c(c1)[C@@H]1[C@H]3CC[C@@H](C3)[C@@H]1[C@H](c1ccccc1)N2. The molecule has 3 aromatic rings. The summed E-state index contributed by atoms with van der Waals surface area (Å²) in [5, 5.41) is 6.36. The molecule has 3 nitrogen and oxygen atoms in total. The summed E-state index contributed by atoms with van der Waals surface area (Å²) in [6.07, 6.45) is 3.76. The number of halogens is 2. The first kappa shape index (κ1) is 19.5. The number of carbonyl (C=O) groups excluding carboxylic acids is 1. The Morgan fingerprint density at radius 2 is 1.75 bits per heavy atom. The molecule has 2 fully saturated rings. The molecule has 1 aliphatic heterocycles. The highest BCUT2D eigenvalue weighted by atomic mass is 19.1. The summed E-state index contributed by atoms with van der Waals surface area (Å²) < 4.78 is 27.2. The van der Waals surface area contributed by atoms with Crippen LogP contribution in [0.15, 0.2) is 66.7 Å². The van der Waals surface area contributed by atoms with Crippen LogP contribution >= 0.6 is 0 Å². The number of carbonyl (C=O) groups is 1. The lowest BCUT2D eigenvalue weighted by Crippen LogP contribution is -2.35. The van der Waals surface area contributed by atoms with E-state index in [9.17, 15) is 13.6 Å². The molecule has 0 spiro atoms. The van der Waals surface area contributed by atoms with Crippen LogP contribution in [0.3, 0.4) is 0 Å². The van der Waals surface area contributed by atoms with E-state index in [1.807, 2.05) is 18.2 Å². The van der Waals surface area contributed by atoms with Gasteiger partial charge in [-0.3, -0.25) is 4.79 Å². The average molecular weight is 430 g/mol. The topological polar surface area (TPSA) is 41.1 Å². The van der Waals surface area contributed by atoms with E-state index in [1.54, 1.807) is 6.07 Å². The minimum absolute atomic E-state index is 0.0193. The van der Waals surface area contributed by atoms with Gasteiger partial charge in [0.05, 0.1) is 11.7 Å². The third kappa shape index (κ3) is 3.10. The second-order valence-corrected chi connectivity index (χ2v) is 9.35. The molecule has 3 aliphatic rings. The summed E-state index contributed by atoms with van der Waals surface area (Å²) in [6.45, 7) is 0. The fourth-order valence-corrected chi connectivity index (χ4v) is 6.40. The predicted molar refractivity (Wildman–Crippen MR) is 121 cm³/mol. The first-order valence-electron chi connectivity index (χ1n) is 11.3. The normalized spacial score (nSPS) is 27.4. The van der Waals surface area contributed by atoms with Crippen LogP contribution in [0, 0.1) is 29.4 Å². The zero-order valence-corrected chi connectivity index (χ0v) is 17.5. The van der Waals surface area contributed by atoms with Crippen molar-refractivity contribution in [2.45, 2.75) is 31.2 Å². The van der Waals surface area contributed by atoms with Crippen LogP contribution < -0.4 is 10.6 Å². The van der Waals surface area contributed by atoms with Gasteiger partial charge in [0.15, 0.2) is 0 Å². The largest absolute Gasteiger partial charge is 0.378 e. The van der Waals surface area contributed by atoms with Crippen molar-refractivity contribution in [3.8, 4) is 0 Å². The van der Waals surface area contributed by atoms with Crippen LogP contribution in [-0.2, 0) is 0 Å². The first-order valence-corrected chi connectivity index (χ1v) is 11.3. The number of anilines is 2. The monoisotopic (exact) mass is 430 g/mol. The number of hydrogen-bond acceptors (Lipinski definition) is 2. The fraction of sp³-hybridized carbons (Fsp3) is 0.296. The number of rotatable bonds is 3. The number of fused-ring (bicyclic) bond motifs is 7. The van der Waals surface area contributed by atoms with E-state index >= 15 is 0 Å². The van der Waals surface area contributed by atoms with E-state index < -0.39 is 11.6 Å². The number of amides is 1. The molecule has 2 bridgehead atoms. The molecule has 162 valence electrons. The fourth-order valence-electron chi connectivity index (χ4n) is 6.40. The summed E-state index contributed by atoms with van der Waals surface area (Å²) in [4.78, 5) is 12.9. The Morgan fingerprint density at radius 1 is 0.938 bits per heavy atom. The van der Waals surface area contributed by atoms with Gasteiger partial charge in [0.25, 0.3) is 5.91 Å². The average Bonchev–Trinajstić information content (AvgIpc) is 3.43. The van der Waals surface area contributed by atoms with E-state index in [1.165, 1.54) is 36.5 Å². The summed E-state index contributed by atoms with van der Waals surface area (Å²) in [7, 11) is 0. The molecule has 2 saturated carbocycles. The molecular weight excluding hydrogens is 406 g/mol. The van der Waals surface area contributed by atoms with Crippen molar-refractivity contribution in [2.24, 2.45) is 17.8 Å². The summed E-state index contributed by atoms with van der Waals surface area (Å²) in [6, 6.07) is 19.8. The van der Waals surface area contributed by atoms with Crippen molar-refractivity contribution < 1.29 is 13.6 Å². The van der Waals surface area contributed by atoms with Crippen LogP contribution in [0.25, 0.3) is 0 Å². The number of benzene rings is 3.